The van der Waals surface area contributed by atoms with E-state index in [-0.39, 0.29) is 28.6 Å². The molecule has 0 atom stereocenters. The molecular formula is C35H27N3O4. The lowest BCUT2D eigenvalue weighted by Crippen LogP contribution is -2.16. The van der Waals surface area contributed by atoms with E-state index in [9.17, 15) is 19.8 Å². The standard InChI is InChI=1S/C35H27N3O4/c1-20-14-15-24(18-21(20)2)30-26(22-8-4-3-5-9-22)16-17-28-31(30)36-34(40)32(28)38-37-29-13-7-12-27(33(29)39)23-10-6-11-25(19-23)35(41)42/h3-19,37,39H,1-2H3,(H,41,42)(H,36,38,40). The van der Waals surface area contributed by atoms with Crippen molar-refractivity contribution in [3.05, 3.63) is 125 Å². The van der Waals surface area contributed by atoms with Crippen molar-refractivity contribution in [1.82, 2.24) is 0 Å². The Balaban J connectivity index is 1.42. The molecular weight excluding hydrogens is 526 g/mol. The average molecular weight is 554 g/mol. The van der Waals surface area contributed by atoms with Crippen LogP contribution < -0.4 is 10.7 Å². The van der Waals surface area contributed by atoms with Crippen LogP contribution in [0.2, 0.25) is 0 Å². The second-order valence-corrected chi connectivity index (χ2v) is 10.2. The van der Waals surface area contributed by atoms with Gasteiger partial charge in [-0.25, -0.2) is 4.79 Å². The number of anilines is 2. The number of carbonyl (C=O) groups excluding carboxylic acids is 1. The number of rotatable bonds is 6. The molecule has 0 unspecified atom stereocenters. The molecule has 7 nitrogen and oxygen atoms in total. The van der Waals surface area contributed by atoms with Crippen molar-refractivity contribution in [2.45, 2.75) is 13.8 Å². The number of phenols is 1. The van der Waals surface area contributed by atoms with Crippen molar-refractivity contribution in [2.75, 3.05) is 10.7 Å². The smallest absolute Gasteiger partial charge is 0.335 e. The van der Waals surface area contributed by atoms with Crippen molar-refractivity contribution in [3.8, 4) is 39.1 Å². The van der Waals surface area contributed by atoms with E-state index in [0.717, 1.165) is 27.8 Å². The summed E-state index contributed by atoms with van der Waals surface area (Å²) in [5.74, 6) is -1.53. The van der Waals surface area contributed by atoms with Crippen LogP contribution in [0.3, 0.4) is 0 Å². The number of nitrogens with one attached hydrogen (secondary N) is 2. The maximum atomic E-state index is 13.3. The van der Waals surface area contributed by atoms with Crippen LogP contribution in [-0.2, 0) is 4.79 Å². The monoisotopic (exact) mass is 553 g/mol. The lowest BCUT2D eigenvalue weighted by atomic mass is 9.89. The lowest BCUT2D eigenvalue weighted by molar-refractivity contribution is -0.110. The molecule has 0 saturated carbocycles. The predicted molar refractivity (Wildman–Crippen MR) is 166 cm³/mol. The molecule has 5 aromatic rings. The minimum absolute atomic E-state index is 0.110. The van der Waals surface area contributed by atoms with Crippen LogP contribution in [0, 0.1) is 13.8 Å². The fourth-order valence-corrected chi connectivity index (χ4v) is 5.19. The van der Waals surface area contributed by atoms with Gasteiger partial charge in [-0.3, -0.25) is 10.2 Å². The third kappa shape index (κ3) is 4.77. The van der Waals surface area contributed by atoms with Crippen molar-refractivity contribution in [1.29, 1.82) is 0 Å². The average Bonchev–Trinajstić information content (AvgIpc) is 3.32. The van der Waals surface area contributed by atoms with Gasteiger partial charge in [0.1, 0.15) is 5.75 Å². The first-order chi connectivity index (χ1) is 20.3. The molecule has 206 valence electrons. The summed E-state index contributed by atoms with van der Waals surface area (Å²) in [6.07, 6.45) is 0. The largest absolute Gasteiger partial charge is 0.505 e. The number of amides is 1. The molecule has 0 saturated heterocycles. The van der Waals surface area contributed by atoms with Crippen LogP contribution >= 0.6 is 0 Å². The Morgan fingerprint density at radius 3 is 2.24 bits per heavy atom. The molecule has 42 heavy (non-hydrogen) atoms. The third-order valence-electron chi connectivity index (χ3n) is 7.54. The second kappa shape index (κ2) is 10.7. The van der Waals surface area contributed by atoms with Gasteiger partial charge in [-0.15, -0.1) is 0 Å². The van der Waals surface area contributed by atoms with Gasteiger partial charge in [0.25, 0.3) is 5.91 Å². The highest BCUT2D eigenvalue weighted by molar-refractivity contribution is 6.54. The summed E-state index contributed by atoms with van der Waals surface area (Å²) in [7, 11) is 0. The fourth-order valence-electron chi connectivity index (χ4n) is 5.19. The first-order valence-corrected chi connectivity index (χ1v) is 13.4. The first kappa shape index (κ1) is 26.5. The lowest BCUT2D eigenvalue weighted by Gasteiger charge is -2.16. The number of aryl methyl sites for hydroxylation is 2. The molecule has 0 aromatic heterocycles. The number of carbonyl (C=O) groups is 2. The Kier molecular flexibility index (Phi) is 6.76. The maximum absolute atomic E-state index is 13.3. The highest BCUT2D eigenvalue weighted by Crippen LogP contribution is 2.43. The molecule has 1 aliphatic heterocycles. The van der Waals surface area contributed by atoms with Crippen LogP contribution in [0.15, 0.2) is 108 Å². The van der Waals surface area contributed by atoms with Crippen molar-refractivity contribution in [3.63, 3.8) is 0 Å². The topological polar surface area (TPSA) is 111 Å². The number of benzene rings is 5. The van der Waals surface area contributed by atoms with Crippen molar-refractivity contribution in [2.24, 2.45) is 5.10 Å². The molecule has 0 bridgehead atoms. The summed E-state index contributed by atoms with van der Waals surface area (Å²) in [6, 6.07) is 31.5. The summed E-state index contributed by atoms with van der Waals surface area (Å²) >= 11 is 0. The van der Waals surface area contributed by atoms with E-state index in [2.05, 4.69) is 47.9 Å². The van der Waals surface area contributed by atoms with Crippen LogP contribution in [0.4, 0.5) is 11.4 Å². The highest BCUT2D eigenvalue weighted by atomic mass is 16.4. The molecule has 0 spiro atoms. The fraction of sp³-hybridized carbons (Fsp3) is 0.0571. The van der Waals surface area contributed by atoms with Gasteiger partial charge in [0, 0.05) is 16.7 Å². The molecule has 0 aliphatic carbocycles. The SMILES string of the molecule is Cc1ccc(-c2c(-c3ccccc3)ccc3c2NC(=O)C3=NNc2cccc(-c3cccc(C(=O)O)c3)c2O)cc1C. The summed E-state index contributed by atoms with van der Waals surface area (Å²) in [5.41, 5.74) is 12.0. The van der Waals surface area contributed by atoms with Crippen molar-refractivity contribution < 1.29 is 19.8 Å². The van der Waals surface area contributed by atoms with Gasteiger partial charge in [0.15, 0.2) is 5.71 Å². The van der Waals surface area contributed by atoms with Crippen LogP contribution in [0.1, 0.15) is 27.0 Å². The van der Waals surface area contributed by atoms with E-state index < -0.39 is 5.97 Å². The minimum atomic E-state index is -1.06. The Morgan fingerprint density at radius 2 is 1.48 bits per heavy atom. The van der Waals surface area contributed by atoms with Gasteiger partial charge < -0.3 is 15.5 Å². The maximum Gasteiger partial charge on any atom is 0.335 e. The van der Waals surface area contributed by atoms with Gasteiger partial charge in [0.05, 0.1) is 16.9 Å². The summed E-state index contributed by atoms with van der Waals surface area (Å²) in [5, 5.41) is 27.9. The van der Waals surface area contributed by atoms with E-state index in [1.54, 1.807) is 30.3 Å². The minimum Gasteiger partial charge on any atom is -0.505 e. The van der Waals surface area contributed by atoms with E-state index in [1.165, 1.54) is 17.7 Å². The molecule has 4 N–H and O–H groups in total. The molecule has 5 aromatic carbocycles. The molecule has 7 heteroatoms. The Bertz CT molecular complexity index is 1910. The summed E-state index contributed by atoms with van der Waals surface area (Å²) < 4.78 is 0. The normalized spacial score (nSPS) is 13.1. The highest BCUT2D eigenvalue weighted by Gasteiger charge is 2.31. The Morgan fingerprint density at radius 1 is 0.738 bits per heavy atom. The number of hydrogen-bond donors (Lipinski definition) is 4. The number of hydrogen-bond acceptors (Lipinski definition) is 5. The van der Waals surface area contributed by atoms with Gasteiger partial charge in [-0.05, 0) is 71.5 Å². The summed E-state index contributed by atoms with van der Waals surface area (Å²) in [6.45, 7) is 4.14. The third-order valence-corrected chi connectivity index (χ3v) is 7.54. The van der Waals surface area contributed by atoms with E-state index in [4.69, 9.17) is 0 Å². The van der Waals surface area contributed by atoms with Gasteiger partial charge >= 0.3 is 5.97 Å². The Hall–Kier alpha value is -5.69. The predicted octanol–water partition coefficient (Wildman–Crippen LogP) is 7.48. The van der Waals surface area contributed by atoms with Gasteiger partial charge in [0.2, 0.25) is 0 Å². The number of hydrazone groups is 1. The molecule has 1 aliphatic rings. The number of phenolic OH excluding ortho intramolecular Hbond substituents is 1. The van der Waals surface area contributed by atoms with Crippen LogP contribution in [0.5, 0.6) is 5.75 Å². The van der Waals surface area contributed by atoms with Gasteiger partial charge in [-0.1, -0.05) is 78.9 Å². The van der Waals surface area contributed by atoms with Crippen LogP contribution in [-0.4, -0.2) is 27.8 Å². The zero-order chi connectivity index (χ0) is 29.4. The van der Waals surface area contributed by atoms with Crippen molar-refractivity contribution >= 4 is 29.0 Å². The number of carboxylic acid groups (broad SMARTS) is 1. The van der Waals surface area contributed by atoms with E-state index in [1.807, 2.05) is 42.5 Å². The molecule has 0 radical (unpaired) electrons. The zero-order valence-corrected chi connectivity index (χ0v) is 23.0. The second-order valence-electron chi connectivity index (χ2n) is 10.2. The number of para-hydroxylation sites is 1. The van der Waals surface area contributed by atoms with E-state index in [0.29, 0.717) is 22.4 Å². The van der Waals surface area contributed by atoms with E-state index >= 15 is 0 Å². The molecule has 6 rings (SSSR count). The number of fused-ring (bicyclic) bond motifs is 1. The van der Waals surface area contributed by atoms with Crippen LogP contribution in [0.25, 0.3) is 33.4 Å². The molecule has 0 fully saturated rings. The summed E-state index contributed by atoms with van der Waals surface area (Å²) in [4.78, 5) is 24.7. The molecule has 1 amide bonds. The molecule has 1 heterocycles. The number of nitrogens with zero attached hydrogens (tertiary/aromatic N) is 1. The van der Waals surface area contributed by atoms with Gasteiger partial charge in [-0.2, -0.15) is 5.10 Å². The Labute approximate surface area is 242 Å². The zero-order valence-electron chi connectivity index (χ0n) is 23.0. The number of carboxylic acids is 1. The number of aromatic carboxylic acids is 1. The first-order valence-electron chi connectivity index (χ1n) is 13.4. The number of aromatic hydroxyl groups is 1. The quantitative estimate of drug-likeness (QED) is 0.129.